The SMILES string of the molecule is CC(C)(C)C(C)(OCC(F)(F)F)C(F)(F)F. The predicted octanol–water partition coefficient (Wildman–Crippen LogP) is 3.93. The molecule has 0 spiro atoms. The van der Waals surface area contributed by atoms with Crippen LogP contribution < -0.4 is 0 Å². The minimum Gasteiger partial charge on any atom is -0.356 e. The van der Waals surface area contributed by atoms with Crippen LogP contribution in [0.5, 0.6) is 0 Å². The maximum Gasteiger partial charge on any atom is 0.417 e. The Morgan fingerprint density at radius 2 is 1.19 bits per heavy atom. The molecule has 16 heavy (non-hydrogen) atoms. The normalized spacial score (nSPS) is 18.4. The van der Waals surface area contributed by atoms with Crippen molar-refractivity contribution in [1.29, 1.82) is 0 Å². The van der Waals surface area contributed by atoms with Crippen LogP contribution in [0.15, 0.2) is 0 Å². The van der Waals surface area contributed by atoms with Crippen molar-refractivity contribution in [1.82, 2.24) is 0 Å². The molecule has 1 atom stereocenters. The maximum absolute atomic E-state index is 12.7. The summed E-state index contributed by atoms with van der Waals surface area (Å²) in [5.74, 6) is 0. The lowest BCUT2D eigenvalue weighted by Crippen LogP contribution is -2.55. The van der Waals surface area contributed by atoms with Gasteiger partial charge in [0.2, 0.25) is 0 Å². The van der Waals surface area contributed by atoms with Gasteiger partial charge in [-0.05, 0) is 12.3 Å². The summed E-state index contributed by atoms with van der Waals surface area (Å²) < 4.78 is 77.7. The molecule has 0 aromatic carbocycles. The molecule has 0 aliphatic carbocycles. The summed E-state index contributed by atoms with van der Waals surface area (Å²) >= 11 is 0. The zero-order valence-corrected chi connectivity index (χ0v) is 9.38. The van der Waals surface area contributed by atoms with Crippen LogP contribution in [0, 0.1) is 5.41 Å². The zero-order valence-electron chi connectivity index (χ0n) is 9.38. The lowest BCUT2D eigenvalue weighted by atomic mass is 9.77. The number of alkyl halides is 6. The highest BCUT2D eigenvalue weighted by atomic mass is 19.4. The summed E-state index contributed by atoms with van der Waals surface area (Å²) in [6, 6.07) is 0. The fraction of sp³-hybridized carbons (Fsp3) is 1.00. The molecule has 0 radical (unpaired) electrons. The molecular formula is C9H14F6O. The van der Waals surface area contributed by atoms with Gasteiger partial charge in [0.25, 0.3) is 0 Å². The molecule has 0 aromatic rings. The van der Waals surface area contributed by atoms with Gasteiger partial charge in [-0.2, -0.15) is 26.3 Å². The average Bonchev–Trinajstić information content (AvgIpc) is 1.93. The third-order valence-corrected chi connectivity index (χ3v) is 2.50. The van der Waals surface area contributed by atoms with E-state index in [1.54, 1.807) is 0 Å². The van der Waals surface area contributed by atoms with E-state index in [0.29, 0.717) is 6.92 Å². The van der Waals surface area contributed by atoms with E-state index in [1.807, 2.05) is 0 Å². The Morgan fingerprint density at radius 3 is 1.38 bits per heavy atom. The smallest absolute Gasteiger partial charge is 0.356 e. The fourth-order valence-electron chi connectivity index (χ4n) is 0.950. The first-order valence-corrected chi connectivity index (χ1v) is 4.48. The van der Waals surface area contributed by atoms with E-state index in [4.69, 9.17) is 0 Å². The highest BCUT2D eigenvalue weighted by molar-refractivity contribution is 4.95. The van der Waals surface area contributed by atoms with Crippen molar-refractivity contribution in [2.45, 2.75) is 45.6 Å². The molecule has 98 valence electrons. The number of halogens is 6. The van der Waals surface area contributed by atoms with Crippen LogP contribution >= 0.6 is 0 Å². The molecule has 0 aromatic heterocycles. The first-order valence-electron chi connectivity index (χ1n) is 4.48. The molecule has 0 rings (SSSR count). The molecule has 0 heterocycles. The summed E-state index contributed by atoms with van der Waals surface area (Å²) in [7, 11) is 0. The molecule has 0 bridgehead atoms. The topological polar surface area (TPSA) is 9.23 Å². The van der Waals surface area contributed by atoms with Gasteiger partial charge in [-0.1, -0.05) is 20.8 Å². The average molecular weight is 252 g/mol. The molecule has 0 amide bonds. The highest BCUT2D eigenvalue weighted by Gasteiger charge is 2.60. The van der Waals surface area contributed by atoms with Crippen LogP contribution in [0.25, 0.3) is 0 Å². The van der Waals surface area contributed by atoms with Crippen molar-refractivity contribution in [3.8, 4) is 0 Å². The number of hydrogen-bond donors (Lipinski definition) is 0. The maximum atomic E-state index is 12.7. The van der Waals surface area contributed by atoms with Crippen molar-refractivity contribution < 1.29 is 31.1 Å². The van der Waals surface area contributed by atoms with Crippen LogP contribution in [-0.2, 0) is 4.74 Å². The van der Waals surface area contributed by atoms with E-state index in [9.17, 15) is 26.3 Å². The molecule has 0 saturated carbocycles. The van der Waals surface area contributed by atoms with E-state index in [0.717, 1.165) is 0 Å². The second-order valence-corrected chi connectivity index (χ2v) is 4.68. The van der Waals surface area contributed by atoms with Gasteiger partial charge in [0.05, 0.1) is 0 Å². The first kappa shape index (κ1) is 15.5. The van der Waals surface area contributed by atoms with Gasteiger partial charge in [-0.15, -0.1) is 0 Å². The summed E-state index contributed by atoms with van der Waals surface area (Å²) in [6.07, 6.45) is -9.64. The van der Waals surface area contributed by atoms with E-state index < -0.39 is 30.0 Å². The molecule has 0 aliphatic rings. The lowest BCUT2D eigenvalue weighted by molar-refractivity contribution is -0.325. The summed E-state index contributed by atoms with van der Waals surface area (Å²) in [4.78, 5) is 0. The second kappa shape index (κ2) is 4.09. The number of ether oxygens (including phenoxy) is 1. The Labute approximate surface area is 89.8 Å². The quantitative estimate of drug-likeness (QED) is 0.676. The predicted molar refractivity (Wildman–Crippen MR) is 45.9 cm³/mol. The van der Waals surface area contributed by atoms with Crippen LogP contribution in [0.1, 0.15) is 27.7 Å². The molecule has 7 heteroatoms. The van der Waals surface area contributed by atoms with Crippen molar-refractivity contribution in [3.63, 3.8) is 0 Å². The standard InChI is InChI=1S/C9H14F6O/c1-6(2,3)7(4,9(13,14)15)16-5-8(10,11)12/h5H2,1-4H3. The molecule has 0 fully saturated rings. The molecule has 1 nitrogen and oxygen atoms in total. The number of hydrogen-bond acceptors (Lipinski definition) is 1. The molecule has 0 aliphatic heterocycles. The molecule has 0 saturated heterocycles. The monoisotopic (exact) mass is 252 g/mol. The third-order valence-electron chi connectivity index (χ3n) is 2.50. The van der Waals surface area contributed by atoms with Crippen molar-refractivity contribution >= 4 is 0 Å². The Hall–Kier alpha value is -0.460. The Kier molecular flexibility index (Phi) is 3.97. The van der Waals surface area contributed by atoms with Crippen LogP contribution in [0.4, 0.5) is 26.3 Å². The van der Waals surface area contributed by atoms with Crippen LogP contribution in [-0.4, -0.2) is 24.6 Å². The Morgan fingerprint density at radius 1 is 0.812 bits per heavy atom. The minimum atomic E-state index is -4.86. The second-order valence-electron chi connectivity index (χ2n) is 4.68. The van der Waals surface area contributed by atoms with Crippen molar-refractivity contribution in [2.24, 2.45) is 5.41 Å². The first-order chi connectivity index (χ1) is 6.71. The van der Waals surface area contributed by atoms with Crippen LogP contribution in [0.3, 0.4) is 0 Å². The highest BCUT2D eigenvalue weighted by Crippen LogP contribution is 2.46. The summed E-state index contributed by atoms with van der Waals surface area (Å²) in [5.41, 5.74) is -4.33. The van der Waals surface area contributed by atoms with Gasteiger partial charge in [0.15, 0.2) is 5.60 Å². The summed E-state index contributed by atoms with van der Waals surface area (Å²) in [6.45, 7) is 2.24. The van der Waals surface area contributed by atoms with Gasteiger partial charge < -0.3 is 4.74 Å². The Balaban J connectivity index is 5.00. The third kappa shape index (κ3) is 3.54. The fourth-order valence-corrected chi connectivity index (χ4v) is 0.950. The van der Waals surface area contributed by atoms with Gasteiger partial charge in [-0.25, -0.2) is 0 Å². The van der Waals surface area contributed by atoms with Crippen molar-refractivity contribution in [3.05, 3.63) is 0 Å². The molecule has 1 unspecified atom stereocenters. The molecule has 0 N–H and O–H groups in total. The summed E-state index contributed by atoms with van der Waals surface area (Å²) in [5, 5.41) is 0. The van der Waals surface area contributed by atoms with E-state index >= 15 is 0 Å². The van der Waals surface area contributed by atoms with E-state index in [-0.39, 0.29) is 0 Å². The Bertz CT molecular complexity index is 220. The van der Waals surface area contributed by atoms with Gasteiger partial charge in [0, 0.05) is 0 Å². The van der Waals surface area contributed by atoms with Crippen molar-refractivity contribution in [2.75, 3.05) is 6.61 Å². The van der Waals surface area contributed by atoms with Gasteiger partial charge in [0.1, 0.15) is 6.61 Å². The zero-order chi connectivity index (χ0) is 13.4. The van der Waals surface area contributed by atoms with Crippen LogP contribution in [0.2, 0.25) is 0 Å². The number of rotatable bonds is 2. The van der Waals surface area contributed by atoms with E-state index in [1.165, 1.54) is 20.8 Å². The van der Waals surface area contributed by atoms with Gasteiger partial charge >= 0.3 is 12.4 Å². The largest absolute Gasteiger partial charge is 0.417 e. The molecular weight excluding hydrogens is 238 g/mol. The lowest BCUT2D eigenvalue weighted by Gasteiger charge is -2.42. The van der Waals surface area contributed by atoms with Gasteiger partial charge in [-0.3, -0.25) is 0 Å². The minimum absolute atomic E-state index is 0.624. The van der Waals surface area contributed by atoms with E-state index in [2.05, 4.69) is 4.74 Å².